The van der Waals surface area contributed by atoms with E-state index >= 15 is 0 Å². The number of hydrogen-bond acceptors (Lipinski definition) is 4. The van der Waals surface area contributed by atoms with Crippen LogP contribution >= 0.6 is 15.9 Å². The summed E-state index contributed by atoms with van der Waals surface area (Å²) in [6.45, 7) is 5.20. The van der Waals surface area contributed by atoms with Crippen LogP contribution in [0.3, 0.4) is 0 Å². The van der Waals surface area contributed by atoms with Crippen molar-refractivity contribution in [2.75, 3.05) is 11.9 Å². The fourth-order valence-corrected chi connectivity index (χ4v) is 1.68. The van der Waals surface area contributed by atoms with Gasteiger partial charge in [0.15, 0.2) is 0 Å². The summed E-state index contributed by atoms with van der Waals surface area (Å²) in [5.74, 6) is 0. The lowest BCUT2D eigenvalue weighted by molar-refractivity contribution is -0.384. The third-order valence-electron chi connectivity index (χ3n) is 2.26. The molecule has 1 aromatic carbocycles. The van der Waals surface area contributed by atoms with E-state index in [9.17, 15) is 15.2 Å². The quantitative estimate of drug-likeness (QED) is 0.662. The average Bonchev–Trinajstić information content (AvgIpc) is 2.18. The molecule has 6 heteroatoms. The Kier molecular flexibility index (Phi) is 4.11. The Morgan fingerprint density at radius 1 is 1.53 bits per heavy atom. The summed E-state index contributed by atoms with van der Waals surface area (Å²) in [6, 6.07) is 3.37. The monoisotopic (exact) mass is 302 g/mol. The van der Waals surface area contributed by atoms with Gasteiger partial charge in [0.05, 0.1) is 10.5 Å². The number of halogens is 1. The molecule has 1 aromatic rings. The van der Waals surface area contributed by atoms with Crippen molar-refractivity contribution in [1.29, 1.82) is 0 Å². The first-order valence-corrected chi connectivity index (χ1v) is 5.91. The van der Waals surface area contributed by atoms with Crippen LogP contribution in [0.15, 0.2) is 16.6 Å². The second kappa shape index (κ2) is 5.01. The number of nitrogens with zero attached hydrogens (tertiary/aromatic N) is 1. The summed E-state index contributed by atoms with van der Waals surface area (Å²) in [5.41, 5.74) is 0.0895. The predicted molar refractivity (Wildman–Crippen MR) is 70.3 cm³/mol. The van der Waals surface area contributed by atoms with E-state index in [1.807, 2.05) is 0 Å². The highest BCUT2D eigenvalue weighted by Gasteiger charge is 2.21. The zero-order valence-corrected chi connectivity index (χ0v) is 11.5. The third kappa shape index (κ3) is 3.67. The molecule has 0 spiro atoms. The second-order valence-electron chi connectivity index (χ2n) is 4.49. The topological polar surface area (TPSA) is 75.4 Å². The Bertz CT molecular complexity index is 441. The van der Waals surface area contributed by atoms with E-state index < -0.39 is 10.5 Å². The van der Waals surface area contributed by atoms with Gasteiger partial charge in [-0.15, -0.1) is 0 Å². The van der Waals surface area contributed by atoms with Gasteiger partial charge in [-0.05, 0) is 32.9 Å². The van der Waals surface area contributed by atoms with Crippen LogP contribution in [0.2, 0.25) is 0 Å². The molecule has 0 unspecified atom stereocenters. The normalized spacial score (nSPS) is 11.4. The first-order valence-electron chi connectivity index (χ1n) is 5.12. The Morgan fingerprint density at radius 2 is 2.12 bits per heavy atom. The van der Waals surface area contributed by atoms with Gasteiger partial charge in [-0.1, -0.05) is 15.9 Å². The predicted octanol–water partition coefficient (Wildman–Crippen LogP) is 2.85. The lowest BCUT2D eigenvalue weighted by atomic mass is 10.1. The Hall–Kier alpha value is -1.14. The van der Waals surface area contributed by atoms with Crippen LogP contribution in [0, 0.1) is 17.0 Å². The summed E-state index contributed by atoms with van der Waals surface area (Å²) in [7, 11) is 0. The molecule has 0 saturated carbocycles. The standard InChI is InChI=1S/C11H15BrN2O3/c1-7-8(12)4-5-9(10(7)14(16)17)13-6-11(2,3)15/h4-5,13,15H,6H2,1-3H3. The number of nitrogens with one attached hydrogen (secondary N) is 1. The van der Waals surface area contributed by atoms with Gasteiger partial charge in [0.25, 0.3) is 5.69 Å². The molecule has 0 bridgehead atoms. The van der Waals surface area contributed by atoms with Crippen LogP contribution in [0.5, 0.6) is 0 Å². The van der Waals surface area contributed by atoms with Crippen molar-refractivity contribution in [3.63, 3.8) is 0 Å². The Balaban J connectivity index is 3.08. The third-order valence-corrected chi connectivity index (χ3v) is 3.12. The minimum Gasteiger partial charge on any atom is -0.389 e. The molecule has 0 aliphatic heterocycles. The van der Waals surface area contributed by atoms with Gasteiger partial charge in [-0.25, -0.2) is 0 Å². The van der Waals surface area contributed by atoms with E-state index in [1.165, 1.54) is 0 Å². The molecule has 0 radical (unpaired) electrons. The van der Waals surface area contributed by atoms with Gasteiger partial charge >= 0.3 is 0 Å². The molecule has 0 amide bonds. The molecular weight excluding hydrogens is 288 g/mol. The molecule has 17 heavy (non-hydrogen) atoms. The fourth-order valence-electron chi connectivity index (χ4n) is 1.37. The zero-order valence-electron chi connectivity index (χ0n) is 9.95. The van der Waals surface area contributed by atoms with Gasteiger partial charge in [0.2, 0.25) is 0 Å². The van der Waals surface area contributed by atoms with E-state index in [2.05, 4.69) is 21.2 Å². The molecule has 94 valence electrons. The zero-order chi connectivity index (χ0) is 13.2. The first-order chi connectivity index (χ1) is 7.72. The van der Waals surface area contributed by atoms with E-state index in [-0.39, 0.29) is 12.2 Å². The molecule has 2 N–H and O–H groups in total. The van der Waals surface area contributed by atoms with Crippen molar-refractivity contribution < 1.29 is 10.0 Å². The molecule has 0 fully saturated rings. The van der Waals surface area contributed by atoms with Crippen LogP contribution in [-0.2, 0) is 0 Å². The molecule has 0 atom stereocenters. The average molecular weight is 303 g/mol. The number of nitro groups is 1. The highest BCUT2D eigenvalue weighted by Crippen LogP contribution is 2.33. The minimum atomic E-state index is -0.922. The van der Waals surface area contributed by atoms with Crippen molar-refractivity contribution in [1.82, 2.24) is 0 Å². The summed E-state index contributed by atoms with van der Waals surface area (Å²) in [6.07, 6.45) is 0. The lowest BCUT2D eigenvalue weighted by Crippen LogP contribution is -2.29. The first kappa shape index (κ1) is 13.9. The number of nitro benzene ring substituents is 1. The van der Waals surface area contributed by atoms with Gasteiger partial charge < -0.3 is 10.4 Å². The van der Waals surface area contributed by atoms with Crippen molar-refractivity contribution in [2.45, 2.75) is 26.4 Å². The molecule has 5 nitrogen and oxygen atoms in total. The number of rotatable bonds is 4. The van der Waals surface area contributed by atoms with Gasteiger partial charge in [-0.3, -0.25) is 10.1 Å². The smallest absolute Gasteiger partial charge is 0.296 e. The number of aliphatic hydroxyl groups is 1. The number of hydrogen-bond donors (Lipinski definition) is 2. The summed E-state index contributed by atoms with van der Waals surface area (Å²) in [4.78, 5) is 10.6. The van der Waals surface area contributed by atoms with Crippen molar-refractivity contribution >= 4 is 27.3 Å². The van der Waals surface area contributed by atoms with Crippen LogP contribution < -0.4 is 5.32 Å². The van der Waals surface area contributed by atoms with Crippen LogP contribution in [0.1, 0.15) is 19.4 Å². The molecular formula is C11H15BrN2O3. The Morgan fingerprint density at radius 3 is 2.59 bits per heavy atom. The molecule has 0 saturated heterocycles. The van der Waals surface area contributed by atoms with Crippen molar-refractivity contribution in [3.05, 3.63) is 32.3 Å². The molecule has 1 rings (SSSR count). The van der Waals surface area contributed by atoms with Crippen LogP contribution in [0.4, 0.5) is 11.4 Å². The maximum absolute atomic E-state index is 11.0. The SMILES string of the molecule is Cc1c(Br)ccc(NCC(C)(C)O)c1[N+](=O)[O-]. The van der Waals surface area contributed by atoms with Crippen LogP contribution in [-0.4, -0.2) is 22.2 Å². The van der Waals surface area contributed by atoms with Gasteiger partial charge in [0, 0.05) is 16.6 Å². The largest absolute Gasteiger partial charge is 0.389 e. The van der Waals surface area contributed by atoms with E-state index in [1.54, 1.807) is 32.9 Å². The Labute approximate surface area is 108 Å². The lowest BCUT2D eigenvalue weighted by Gasteiger charge is -2.19. The maximum atomic E-state index is 11.0. The fraction of sp³-hybridized carbons (Fsp3) is 0.455. The van der Waals surface area contributed by atoms with Crippen LogP contribution in [0.25, 0.3) is 0 Å². The number of anilines is 1. The van der Waals surface area contributed by atoms with Crippen molar-refractivity contribution in [3.8, 4) is 0 Å². The number of benzene rings is 1. The highest BCUT2D eigenvalue weighted by atomic mass is 79.9. The summed E-state index contributed by atoms with van der Waals surface area (Å²) in [5, 5.41) is 23.5. The van der Waals surface area contributed by atoms with Crippen molar-refractivity contribution in [2.24, 2.45) is 0 Å². The second-order valence-corrected chi connectivity index (χ2v) is 5.35. The van der Waals surface area contributed by atoms with E-state index in [0.717, 1.165) is 0 Å². The molecule has 0 aromatic heterocycles. The molecule has 0 aliphatic carbocycles. The summed E-state index contributed by atoms with van der Waals surface area (Å²) >= 11 is 3.26. The molecule has 0 aliphatic rings. The van der Waals surface area contributed by atoms with E-state index in [4.69, 9.17) is 0 Å². The highest BCUT2D eigenvalue weighted by molar-refractivity contribution is 9.10. The molecule has 0 heterocycles. The maximum Gasteiger partial charge on any atom is 0.296 e. The van der Waals surface area contributed by atoms with E-state index in [0.29, 0.717) is 15.7 Å². The minimum absolute atomic E-state index is 0.0311. The summed E-state index contributed by atoms with van der Waals surface area (Å²) < 4.78 is 0.693. The van der Waals surface area contributed by atoms with Gasteiger partial charge in [0.1, 0.15) is 5.69 Å². The van der Waals surface area contributed by atoms with Gasteiger partial charge in [-0.2, -0.15) is 0 Å².